The fourth-order valence-corrected chi connectivity index (χ4v) is 2.28. The molecule has 3 heteroatoms. The second-order valence-electron chi connectivity index (χ2n) is 5.42. The molecule has 21 heavy (non-hydrogen) atoms. The Morgan fingerprint density at radius 1 is 0.905 bits per heavy atom. The van der Waals surface area contributed by atoms with E-state index in [4.69, 9.17) is 4.74 Å². The minimum atomic E-state index is -0.0144. The van der Waals surface area contributed by atoms with Gasteiger partial charge in [0.2, 0.25) is 5.43 Å². The lowest BCUT2D eigenvalue weighted by Crippen LogP contribution is -2.02. The molecule has 0 bridgehead atoms. The SMILES string of the molecule is CCCCCCCCCCOc1ccc(NC)c(=O)cc1. The Labute approximate surface area is 128 Å². The molecule has 118 valence electrons. The average molecular weight is 291 g/mol. The molecule has 0 saturated carbocycles. The van der Waals surface area contributed by atoms with Crippen LogP contribution in [0.1, 0.15) is 58.3 Å². The lowest BCUT2D eigenvalue weighted by Gasteiger charge is -2.04. The Morgan fingerprint density at radius 2 is 1.52 bits per heavy atom. The van der Waals surface area contributed by atoms with Gasteiger partial charge in [-0.15, -0.1) is 0 Å². The minimum absolute atomic E-state index is 0.0144. The van der Waals surface area contributed by atoms with Gasteiger partial charge < -0.3 is 10.1 Å². The van der Waals surface area contributed by atoms with Crippen LogP contribution in [0, 0.1) is 0 Å². The Hall–Kier alpha value is -1.51. The monoisotopic (exact) mass is 291 g/mol. The minimum Gasteiger partial charge on any atom is -0.494 e. The highest BCUT2D eigenvalue weighted by Crippen LogP contribution is 2.12. The Kier molecular flexibility index (Phi) is 9.34. The lowest BCUT2D eigenvalue weighted by atomic mass is 10.1. The Morgan fingerprint density at radius 3 is 2.19 bits per heavy atom. The third-order valence-corrected chi connectivity index (χ3v) is 3.61. The molecule has 0 amide bonds. The number of ether oxygens (including phenoxy) is 1. The number of anilines is 1. The quantitative estimate of drug-likeness (QED) is 0.605. The third-order valence-electron chi connectivity index (χ3n) is 3.61. The van der Waals surface area contributed by atoms with Crippen LogP contribution in [0.3, 0.4) is 0 Å². The molecule has 1 N–H and O–H groups in total. The smallest absolute Gasteiger partial charge is 0.201 e. The van der Waals surface area contributed by atoms with E-state index in [1.165, 1.54) is 44.9 Å². The zero-order valence-corrected chi connectivity index (χ0v) is 13.5. The molecule has 0 heterocycles. The van der Waals surface area contributed by atoms with Gasteiger partial charge in [0.15, 0.2) is 0 Å². The van der Waals surface area contributed by atoms with Crippen LogP contribution in [0.5, 0.6) is 5.75 Å². The summed E-state index contributed by atoms with van der Waals surface area (Å²) >= 11 is 0. The van der Waals surface area contributed by atoms with Crippen molar-refractivity contribution in [3.63, 3.8) is 0 Å². The Bertz CT molecular complexity index is 446. The van der Waals surface area contributed by atoms with Crippen LogP contribution >= 0.6 is 0 Å². The maximum atomic E-state index is 11.6. The second-order valence-corrected chi connectivity index (χ2v) is 5.42. The number of nitrogens with one attached hydrogen (secondary N) is 1. The number of unbranched alkanes of at least 4 members (excludes halogenated alkanes) is 7. The van der Waals surface area contributed by atoms with Crippen LogP contribution in [-0.2, 0) is 0 Å². The van der Waals surface area contributed by atoms with Gasteiger partial charge >= 0.3 is 0 Å². The molecule has 0 saturated heterocycles. The highest BCUT2D eigenvalue weighted by Gasteiger charge is 1.97. The highest BCUT2D eigenvalue weighted by atomic mass is 16.5. The zero-order chi connectivity index (χ0) is 15.3. The van der Waals surface area contributed by atoms with E-state index < -0.39 is 0 Å². The first-order valence-corrected chi connectivity index (χ1v) is 8.23. The van der Waals surface area contributed by atoms with Gasteiger partial charge in [-0.2, -0.15) is 0 Å². The normalized spacial score (nSPS) is 10.4. The summed E-state index contributed by atoms with van der Waals surface area (Å²) in [6.45, 7) is 2.97. The molecule has 1 aromatic carbocycles. The fourth-order valence-electron chi connectivity index (χ4n) is 2.28. The first-order valence-electron chi connectivity index (χ1n) is 8.23. The highest BCUT2D eigenvalue weighted by molar-refractivity contribution is 5.43. The standard InChI is InChI=1S/C18H29NO2/c1-3-4-5-6-7-8-9-10-15-21-16-11-13-17(19-2)18(20)14-12-16/h11-14H,3-10,15H2,1-2H3,(H,19,20). The van der Waals surface area contributed by atoms with Crippen molar-refractivity contribution in [3.05, 3.63) is 34.5 Å². The van der Waals surface area contributed by atoms with Gasteiger partial charge in [-0.1, -0.05) is 51.9 Å². The van der Waals surface area contributed by atoms with Crippen molar-refractivity contribution in [2.75, 3.05) is 19.0 Å². The van der Waals surface area contributed by atoms with Gasteiger partial charge in [-0.3, -0.25) is 4.79 Å². The van der Waals surface area contributed by atoms with Crippen molar-refractivity contribution >= 4 is 5.69 Å². The van der Waals surface area contributed by atoms with Crippen LogP contribution in [0.4, 0.5) is 5.69 Å². The maximum Gasteiger partial charge on any atom is 0.201 e. The molecular weight excluding hydrogens is 262 g/mol. The van der Waals surface area contributed by atoms with E-state index in [1.807, 2.05) is 6.07 Å². The summed E-state index contributed by atoms with van der Waals surface area (Å²) in [5.74, 6) is 0.761. The van der Waals surface area contributed by atoms with Gasteiger partial charge in [0.05, 0.1) is 12.3 Å². The maximum absolute atomic E-state index is 11.6. The zero-order valence-electron chi connectivity index (χ0n) is 13.5. The number of rotatable bonds is 11. The summed E-state index contributed by atoms with van der Waals surface area (Å²) < 4.78 is 5.70. The Balaban J connectivity index is 2.16. The van der Waals surface area contributed by atoms with Crippen molar-refractivity contribution in [1.29, 1.82) is 0 Å². The van der Waals surface area contributed by atoms with Crippen molar-refractivity contribution in [1.82, 2.24) is 0 Å². The van der Waals surface area contributed by atoms with Gasteiger partial charge in [0.1, 0.15) is 5.75 Å². The first kappa shape index (κ1) is 17.5. The van der Waals surface area contributed by atoms with Crippen molar-refractivity contribution in [2.24, 2.45) is 0 Å². The van der Waals surface area contributed by atoms with Gasteiger partial charge in [-0.05, 0) is 30.7 Å². The van der Waals surface area contributed by atoms with Gasteiger partial charge in [0, 0.05) is 7.05 Å². The summed E-state index contributed by atoms with van der Waals surface area (Å²) in [6, 6.07) is 6.91. The summed E-state index contributed by atoms with van der Waals surface area (Å²) in [5, 5.41) is 2.88. The molecule has 0 aliphatic heterocycles. The predicted octanol–water partition coefficient (Wildman–Crippen LogP) is 4.61. The van der Waals surface area contributed by atoms with Crippen molar-refractivity contribution in [3.8, 4) is 5.75 Å². The van der Waals surface area contributed by atoms with E-state index >= 15 is 0 Å². The molecule has 1 rings (SSSR count). The summed E-state index contributed by atoms with van der Waals surface area (Å²) in [7, 11) is 1.75. The second kappa shape index (κ2) is 11.2. The largest absolute Gasteiger partial charge is 0.494 e. The molecule has 0 aliphatic rings. The molecule has 0 aromatic heterocycles. The van der Waals surface area contributed by atoms with Crippen LogP contribution in [-0.4, -0.2) is 13.7 Å². The summed E-state index contributed by atoms with van der Waals surface area (Å²) in [4.78, 5) is 11.6. The molecule has 0 spiro atoms. The lowest BCUT2D eigenvalue weighted by molar-refractivity contribution is 0.304. The van der Waals surface area contributed by atoms with E-state index in [1.54, 1.807) is 25.2 Å². The summed E-state index contributed by atoms with van der Waals surface area (Å²) in [6.07, 6.45) is 10.3. The molecule has 1 aromatic rings. The summed E-state index contributed by atoms with van der Waals surface area (Å²) in [5.41, 5.74) is 0.580. The van der Waals surface area contributed by atoms with Crippen LogP contribution < -0.4 is 15.5 Å². The van der Waals surface area contributed by atoms with Crippen molar-refractivity contribution in [2.45, 2.75) is 58.3 Å². The first-order chi connectivity index (χ1) is 10.3. The van der Waals surface area contributed by atoms with Crippen LogP contribution in [0.2, 0.25) is 0 Å². The van der Waals surface area contributed by atoms with E-state index in [9.17, 15) is 4.79 Å². The molecule has 0 fully saturated rings. The molecular formula is C18H29NO2. The fraction of sp³-hybridized carbons (Fsp3) is 0.611. The topological polar surface area (TPSA) is 38.3 Å². The molecule has 0 radical (unpaired) electrons. The third kappa shape index (κ3) is 7.74. The average Bonchev–Trinajstić information content (AvgIpc) is 2.67. The molecule has 0 aliphatic carbocycles. The van der Waals surface area contributed by atoms with Crippen LogP contribution in [0.15, 0.2) is 29.1 Å². The molecule has 3 nitrogen and oxygen atoms in total. The van der Waals surface area contributed by atoms with Crippen molar-refractivity contribution < 1.29 is 4.74 Å². The number of hydrogen-bond donors (Lipinski definition) is 1. The van der Waals surface area contributed by atoms with Gasteiger partial charge in [0.25, 0.3) is 0 Å². The predicted molar refractivity (Wildman–Crippen MR) is 90.4 cm³/mol. The van der Waals surface area contributed by atoms with Gasteiger partial charge in [-0.25, -0.2) is 0 Å². The number of hydrogen-bond acceptors (Lipinski definition) is 3. The van der Waals surface area contributed by atoms with E-state index in [0.717, 1.165) is 18.8 Å². The van der Waals surface area contributed by atoms with E-state index in [0.29, 0.717) is 5.69 Å². The van der Waals surface area contributed by atoms with E-state index in [2.05, 4.69) is 12.2 Å². The molecule has 0 unspecified atom stereocenters. The van der Waals surface area contributed by atoms with E-state index in [-0.39, 0.29) is 5.43 Å². The van der Waals surface area contributed by atoms with Crippen LogP contribution in [0.25, 0.3) is 0 Å². The molecule has 0 atom stereocenters.